The molecule has 2 aromatic carbocycles. The van der Waals surface area contributed by atoms with Gasteiger partial charge < -0.3 is 10.3 Å². The van der Waals surface area contributed by atoms with E-state index in [0.29, 0.717) is 24.2 Å². The van der Waals surface area contributed by atoms with Crippen molar-refractivity contribution in [3.8, 4) is 0 Å². The Labute approximate surface area is 151 Å². The number of carbonyl (C=O) groups is 1. The topological polar surface area (TPSA) is 95.2 Å². The molecule has 1 aliphatic rings. The van der Waals surface area contributed by atoms with Crippen LogP contribution in [-0.4, -0.2) is 37.1 Å². The van der Waals surface area contributed by atoms with Crippen molar-refractivity contribution in [1.29, 1.82) is 0 Å². The number of hydrogen-bond donors (Lipinski definition) is 2. The number of benzene rings is 2. The summed E-state index contributed by atoms with van der Waals surface area (Å²) in [5.41, 5.74) is 3.55. The standard InChI is InChI=1S/C18H18N4O3S/c1-26(24,25)22-9-8-14(13-4-2-3-5-17(13)22)21-18(23)12-6-7-15-16(10-12)20-11-19-15/h2-7,10-11,14H,8-9H2,1H3,(H,19,20)(H,21,23). The highest BCUT2D eigenvalue weighted by atomic mass is 32.2. The zero-order valence-electron chi connectivity index (χ0n) is 14.1. The number of hydrogen-bond acceptors (Lipinski definition) is 4. The molecule has 0 radical (unpaired) electrons. The maximum atomic E-state index is 12.7. The van der Waals surface area contributed by atoms with Gasteiger partial charge in [0.05, 0.1) is 35.3 Å². The van der Waals surface area contributed by atoms with Crippen molar-refractivity contribution in [3.63, 3.8) is 0 Å². The first-order valence-corrected chi connectivity index (χ1v) is 10.1. The summed E-state index contributed by atoms with van der Waals surface area (Å²) >= 11 is 0. The Bertz CT molecular complexity index is 1090. The van der Waals surface area contributed by atoms with Crippen LogP contribution in [0.15, 0.2) is 48.8 Å². The van der Waals surface area contributed by atoms with Crippen LogP contribution in [0.5, 0.6) is 0 Å². The monoisotopic (exact) mass is 370 g/mol. The number of H-pyrrole nitrogens is 1. The van der Waals surface area contributed by atoms with Gasteiger partial charge in [0.25, 0.3) is 5.91 Å². The molecule has 0 saturated heterocycles. The molecule has 0 bridgehead atoms. The maximum absolute atomic E-state index is 12.7. The van der Waals surface area contributed by atoms with Crippen LogP contribution in [0.3, 0.4) is 0 Å². The van der Waals surface area contributed by atoms with Gasteiger partial charge in [0, 0.05) is 12.1 Å². The number of imidazole rings is 1. The molecule has 0 aliphatic carbocycles. The quantitative estimate of drug-likeness (QED) is 0.739. The van der Waals surface area contributed by atoms with Crippen molar-refractivity contribution < 1.29 is 13.2 Å². The highest BCUT2D eigenvalue weighted by Gasteiger charge is 2.30. The van der Waals surface area contributed by atoms with Gasteiger partial charge in [-0.05, 0) is 36.2 Å². The summed E-state index contributed by atoms with van der Waals surface area (Å²) in [6.45, 7) is 0.334. The minimum Gasteiger partial charge on any atom is -0.345 e. The van der Waals surface area contributed by atoms with Gasteiger partial charge in [-0.15, -0.1) is 0 Å². The SMILES string of the molecule is CS(=O)(=O)N1CCC(NC(=O)c2ccc3nc[nH]c3c2)c2ccccc21. The van der Waals surface area contributed by atoms with Crippen molar-refractivity contribution in [2.75, 3.05) is 17.1 Å². The van der Waals surface area contributed by atoms with E-state index in [2.05, 4.69) is 15.3 Å². The van der Waals surface area contributed by atoms with Crippen LogP contribution in [0.25, 0.3) is 11.0 Å². The number of carbonyl (C=O) groups excluding carboxylic acids is 1. The summed E-state index contributed by atoms with van der Waals surface area (Å²) in [6, 6.07) is 12.3. The molecule has 1 aliphatic heterocycles. The number of aromatic nitrogens is 2. The Morgan fingerprint density at radius 1 is 1.27 bits per heavy atom. The predicted octanol–water partition coefficient (Wildman–Crippen LogP) is 2.20. The van der Waals surface area contributed by atoms with Crippen LogP contribution in [0, 0.1) is 0 Å². The van der Waals surface area contributed by atoms with Gasteiger partial charge in [0.15, 0.2) is 0 Å². The molecule has 26 heavy (non-hydrogen) atoms. The molecular weight excluding hydrogens is 352 g/mol. The van der Waals surface area contributed by atoms with Gasteiger partial charge in [0.1, 0.15) is 0 Å². The third-order valence-corrected chi connectivity index (χ3v) is 5.77. The minimum absolute atomic E-state index is 0.200. The molecular formula is C18H18N4O3S. The predicted molar refractivity (Wildman–Crippen MR) is 99.5 cm³/mol. The van der Waals surface area contributed by atoms with Crippen molar-refractivity contribution >= 4 is 32.7 Å². The third-order valence-electron chi connectivity index (χ3n) is 4.59. The van der Waals surface area contributed by atoms with Crippen molar-refractivity contribution in [3.05, 3.63) is 59.9 Å². The summed E-state index contributed by atoms with van der Waals surface area (Å²) in [4.78, 5) is 19.8. The average molecular weight is 370 g/mol. The number of sulfonamides is 1. The molecule has 1 unspecified atom stereocenters. The lowest BCUT2D eigenvalue weighted by atomic mass is 9.97. The van der Waals surface area contributed by atoms with E-state index in [1.165, 1.54) is 10.6 Å². The van der Waals surface area contributed by atoms with Crippen LogP contribution >= 0.6 is 0 Å². The van der Waals surface area contributed by atoms with Crippen LogP contribution in [0.1, 0.15) is 28.4 Å². The van der Waals surface area contributed by atoms with Crippen LogP contribution in [0.2, 0.25) is 0 Å². The fraction of sp³-hybridized carbons (Fsp3) is 0.222. The summed E-state index contributed by atoms with van der Waals surface area (Å²) in [6.07, 6.45) is 3.30. The molecule has 134 valence electrons. The molecule has 4 rings (SSSR count). The van der Waals surface area contributed by atoms with E-state index in [1.807, 2.05) is 12.1 Å². The largest absolute Gasteiger partial charge is 0.345 e. The second-order valence-electron chi connectivity index (χ2n) is 6.34. The number of para-hydroxylation sites is 1. The van der Waals surface area contributed by atoms with Crippen molar-refractivity contribution in [2.24, 2.45) is 0 Å². The molecule has 1 atom stereocenters. The van der Waals surface area contributed by atoms with E-state index in [4.69, 9.17) is 0 Å². The fourth-order valence-electron chi connectivity index (χ4n) is 3.34. The maximum Gasteiger partial charge on any atom is 0.251 e. The first-order chi connectivity index (χ1) is 12.4. The Hall–Kier alpha value is -2.87. The van der Waals surface area contributed by atoms with Crippen LogP contribution in [-0.2, 0) is 10.0 Å². The number of aromatic amines is 1. The molecule has 0 saturated carbocycles. The fourth-order valence-corrected chi connectivity index (χ4v) is 4.31. The minimum atomic E-state index is -3.35. The van der Waals surface area contributed by atoms with Gasteiger partial charge in [-0.2, -0.15) is 0 Å². The Morgan fingerprint density at radius 3 is 2.88 bits per heavy atom. The summed E-state index contributed by atoms with van der Waals surface area (Å²) in [5, 5.41) is 3.03. The molecule has 7 nitrogen and oxygen atoms in total. The summed E-state index contributed by atoms with van der Waals surface area (Å²) < 4.78 is 25.4. The number of rotatable bonds is 3. The van der Waals surface area contributed by atoms with E-state index in [0.717, 1.165) is 16.6 Å². The molecule has 1 amide bonds. The smallest absolute Gasteiger partial charge is 0.251 e. The zero-order chi connectivity index (χ0) is 18.3. The highest BCUT2D eigenvalue weighted by molar-refractivity contribution is 7.92. The van der Waals surface area contributed by atoms with Gasteiger partial charge in [0.2, 0.25) is 10.0 Å². The van der Waals surface area contributed by atoms with E-state index >= 15 is 0 Å². The number of amides is 1. The van der Waals surface area contributed by atoms with Crippen molar-refractivity contribution in [1.82, 2.24) is 15.3 Å². The lowest BCUT2D eigenvalue weighted by molar-refractivity contribution is 0.0934. The van der Waals surface area contributed by atoms with E-state index in [9.17, 15) is 13.2 Å². The van der Waals surface area contributed by atoms with Gasteiger partial charge >= 0.3 is 0 Å². The number of fused-ring (bicyclic) bond motifs is 2. The number of anilines is 1. The molecule has 1 aromatic heterocycles. The normalized spacial score (nSPS) is 17.1. The van der Waals surface area contributed by atoms with E-state index in [-0.39, 0.29) is 11.9 Å². The summed E-state index contributed by atoms with van der Waals surface area (Å²) in [7, 11) is -3.35. The Balaban J connectivity index is 1.62. The second-order valence-corrected chi connectivity index (χ2v) is 8.25. The van der Waals surface area contributed by atoms with E-state index < -0.39 is 10.0 Å². The average Bonchev–Trinajstić information content (AvgIpc) is 3.08. The van der Waals surface area contributed by atoms with Gasteiger partial charge in [-0.3, -0.25) is 9.10 Å². The first kappa shape index (κ1) is 16.6. The molecule has 2 heterocycles. The van der Waals surface area contributed by atoms with Gasteiger partial charge in [-0.25, -0.2) is 13.4 Å². The molecule has 3 aromatic rings. The van der Waals surface area contributed by atoms with E-state index in [1.54, 1.807) is 36.7 Å². The molecule has 0 fully saturated rings. The summed E-state index contributed by atoms with van der Waals surface area (Å²) in [5.74, 6) is -0.200. The lowest BCUT2D eigenvalue weighted by Gasteiger charge is -2.34. The second kappa shape index (κ2) is 6.14. The zero-order valence-corrected chi connectivity index (χ0v) is 15.0. The molecule has 2 N–H and O–H groups in total. The number of nitrogens with one attached hydrogen (secondary N) is 2. The van der Waals surface area contributed by atoms with Crippen molar-refractivity contribution in [2.45, 2.75) is 12.5 Å². The first-order valence-electron chi connectivity index (χ1n) is 8.24. The molecule has 0 spiro atoms. The highest BCUT2D eigenvalue weighted by Crippen LogP contribution is 2.35. The third kappa shape index (κ3) is 2.92. The number of nitrogens with zero attached hydrogens (tertiary/aromatic N) is 2. The molecule has 8 heteroatoms. The Kier molecular flexibility index (Phi) is 3.91. The van der Waals surface area contributed by atoms with Crippen LogP contribution < -0.4 is 9.62 Å². The lowest BCUT2D eigenvalue weighted by Crippen LogP contribution is -2.40. The van der Waals surface area contributed by atoms with Crippen LogP contribution in [0.4, 0.5) is 5.69 Å². The Morgan fingerprint density at radius 2 is 2.08 bits per heavy atom. The van der Waals surface area contributed by atoms with Gasteiger partial charge in [-0.1, -0.05) is 18.2 Å².